The van der Waals surface area contributed by atoms with Gasteiger partial charge in [-0.05, 0) is 6.07 Å². The molecule has 0 amide bonds. The fourth-order valence-electron chi connectivity index (χ4n) is 1.61. The molecule has 0 fully saturated rings. The Hall–Kier alpha value is -1.50. The van der Waals surface area contributed by atoms with E-state index in [9.17, 15) is 9.59 Å². The van der Waals surface area contributed by atoms with Gasteiger partial charge in [-0.2, -0.15) is 0 Å². The Morgan fingerprint density at radius 2 is 1.28 bits per heavy atom. The van der Waals surface area contributed by atoms with Gasteiger partial charge in [0.25, 0.3) is 0 Å². The molecule has 0 aromatic heterocycles. The molecule has 0 aliphatic rings. The van der Waals surface area contributed by atoms with Crippen LogP contribution in [0.5, 0.6) is 0 Å². The third kappa shape index (κ3) is 3.04. The van der Waals surface area contributed by atoms with Crippen LogP contribution in [0.4, 0.5) is 0 Å². The van der Waals surface area contributed by atoms with Crippen molar-refractivity contribution in [2.24, 2.45) is 0 Å². The summed E-state index contributed by atoms with van der Waals surface area (Å²) < 4.78 is 0. The first-order valence-corrected chi connectivity index (χ1v) is 5.12. The van der Waals surface area contributed by atoms with Crippen LogP contribution >= 0.6 is 0 Å². The summed E-state index contributed by atoms with van der Waals surface area (Å²) >= 11 is 0. The Labute approximate surface area is 125 Å². The van der Waals surface area contributed by atoms with Gasteiger partial charge in [0.05, 0.1) is 5.56 Å². The Bertz CT molecular complexity index is 564. The van der Waals surface area contributed by atoms with E-state index in [0.717, 1.165) is 0 Å². The fourth-order valence-corrected chi connectivity index (χ4v) is 1.61. The molecule has 3 nitrogen and oxygen atoms in total. The molecule has 0 atom stereocenters. The van der Waals surface area contributed by atoms with Crippen LogP contribution in [0.1, 0.15) is 26.3 Å². The third-order valence-electron chi connectivity index (χ3n) is 2.44. The normalized spacial score (nSPS) is 9.33. The predicted octanol–water partition coefficient (Wildman–Crippen LogP) is 1.70. The molecule has 0 aliphatic carbocycles. The minimum absolute atomic E-state index is 0. The number of carboxylic acid groups (broad SMARTS) is 1. The molecule has 2 rings (SSSR count). The van der Waals surface area contributed by atoms with Crippen LogP contribution in [0, 0.1) is 0 Å². The molecule has 2 radical (unpaired) electrons. The van der Waals surface area contributed by atoms with E-state index in [1.54, 1.807) is 42.5 Å². The summed E-state index contributed by atoms with van der Waals surface area (Å²) in [4.78, 5) is 23.1. The van der Waals surface area contributed by atoms with Gasteiger partial charge < -0.3 is 5.11 Å². The van der Waals surface area contributed by atoms with Crippen LogP contribution in [-0.2, 0) is 0 Å². The van der Waals surface area contributed by atoms with Crippen molar-refractivity contribution in [2.45, 2.75) is 0 Å². The topological polar surface area (TPSA) is 54.4 Å². The molecule has 0 saturated carbocycles. The van der Waals surface area contributed by atoms with Crippen LogP contribution in [0.3, 0.4) is 0 Å². The first-order valence-electron chi connectivity index (χ1n) is 5.12. The molecular formula is C14H12O3Pb. The number of carbonyl (C=O) groups is 2. The molecule has 0 unspecified atom stereocenters. The average Bonchev–Trinajstić information content (AvgIpc) is 2.39. The van der Waals surface area contributed by atoms with E-state index < -0.39 is 5.97 Å². The van der Waals surface area contributed by atoms with Crippen molar-refractivity contribution < 1.29 is 14.7 Å². The van der Waals surface area contributed by atoms with E-state index in [-0.39, 0.29) is 44.2 Å². The number of carbonyl (C=O) groups excluding carboxylic acids is 1. The minimum atomic E-state index is -1.09. The fraction of sp³-hybridized carbons (Fsp3) is 0. The summed E-state index contributed by atoms with van der Waals surface area (Å²) in [5, 5.41) is 9.01. The molecule has 1 N–H and O–H groups in total. The second-order valence-electron chi connectivity index (χ2n) is 3.55. The number of rotatable bonds is 3. The van der Waals surface area contributed by atoms with Crippen molar-refractivity contribution in [3.63, 3.8) is 0 Å². The zero-order valence-electron chi connectivity index (χ0n) is 9.67. The van der Waals surface area contributed by atoms with Crippen molar-refractivity contribution in [3.8, 4) is 0 Å². The van der Waals surface area contributed by atoms with Crippen molar-refractivity contribution in [1.82, 2.24) is 0 Å². The van der Waals surface area contributed by atoms with Gasteiger partial charge in [-0.25, -0.2) is 4.79 Å². The molecule has 0 heterocycles. The zero-order valence-corrected chi connectivity index (χ0v) is 15.2. The molecule has 2 aromatic carbocycles. The van der Waals surface area contributed by atoms with Crippen LogP contribution in [0.2, 0.25) is 0 Å². The van der Waals surface area contributed by atoms with E-state index in [1.807, 2.05) is 0 Å². The van der Waals surface area contributed by atoms with Crippen LogP contribution < -0.4 is 0 Å². The van der Waals surface area contributed by atoms with Crippen molar-refractivity contribution in [1.29, 1.82) is 0 Å². The van der Waals surface area contributed by atoms with Crippen LogP contribution in [0.25, 0.3) is 0 Å². The average molecular weight is 435 g/mol. The Balaban J connectivity index is 0.00000162. The molecular weight excluding hydrogens is 423 g/mol. The zero-order chi connectivity index (χ0) is 12.3. The maximum atomic E-state index is 12.1. The molecule has 0 spiro atoms. The Morgan fingerprint density at radius 3 is 1.83 bits per heavy atom. The standard InChI is InChI=1S/C14H10O3.Pb.2H/c15-13(10-6-2-1-3-7-10)11-8-4-5-9-12(11)14(16)17;;;/h1-9H,(H,16,17);;;. The second kappa shape index (κ2) is 6.44. The third-order valence-corrected chi connectivity index (χ3v) is 2.44. The van der Waals surface area contributed by atoms with E-state index in [4.69, 9.17) is 5.11 Å². The number of aromatic carboxylic acids is 1. The Morgan fingerprint density at radius 1 is 0.778 bits per heavy atom. The van der Waals surface area contributed by atoms with E-state index >= 15 is 0 Å². The molecule has 18 heavy (non-hydrogen) atoms. The quantitative estimate of drug-likeness (QED) is 0.590. The number of hydrogen-bond acceptors (Lipinski definition) is 2. The van der Waals surface area contributed by atoms with Crippen molar-refractivity contribution in [2.75, 3.05) is 0 Å². The van der Waals surface area contributed by atoms with Gasteiger partial charge in [-0.3, -0.25) is 4.79 Å². The molecule has 0 aliphatic heterocycles. The summed E-state index contributed by atoms with van der Waals surface area (Å²) in [6.07, 6.45) is 0. The molecule has 4 heteroatoms. The van der Waals surface area contributed by atoms with Gasteiger partial charge in [0.1, 0.15) is 0 Å². The van der Waals surface area contributed by atoms with Crippen molar-refractivity contribution >= 4 is 39.1 Å². The van der Waals surface area contributed by atoms with E-state index in [0.29, 0.717) is 5.56 Å². The SMILES string of the molecule is O=C(O)c1ccccc1C(=O)c1ccccc1.[PbH2]. The van der Waals surface area contributed by atoms with Gasteiger partial charge in [0, 0.05) is 11.1 Å². The first kappa shape index (κ1) is 14.6. The number of ketones is 1. The number of hydrogen-bond donors (Lipinski definition) is 1. The second-order valence-corrected chi connectivity index (χ2v) is 3.55. The van der Waals surface area contributed by atoms with Crippen LogP contribution in [0.15, 0.2) is 54.6 Å². The summed E-state index contributed by atoms with van der Waals surface area (Å²) in [5.41, 5.74) is 0.730. The summed E-state index contributed by atoms with van der Waals surface area (Å²) in [5.74, 6) is -1.37. The summed E-state index contributed by atoms with van der Waals surface area (Å²) in [7, 11) is 0. The van der Waals surface area contributed by atoms with E-state index in [2.05, 4.69) is 0 Å². The first-order chi connectivity index (χ1) is 8.20. The molecule has 0 bridgehead atoms. The molecule has 90 valence electrons. The summed E-state index contributed by atoms with van der Waals surface area (Å²) in [6.45, 7) is 0. The van der Waals surface area contributed by atoms with Gasteiger partial charge >= 0.3 is 33.3 Å². The van der Waals surface area contributed by atoms with Gasteiger partial charge in [0.15, 0.2) is 5.78 Å². The number of benzene rings is 2. The molecule has 2 aromatic rings. The number of carboxylic acids is 1. The van der Waals surface area contributed by atoms with Gasteiger partial charge in [-0.1, -0.05) is 48.5 Å². The van der Waals surface area contributed by atoms with Gasteiger partial charge in [-0.15, -0.1) is 0 Å². The predicted molar refractivity (Wildman–Crippen MR) is 71.8 cm³/mol. The van der Waals surface area contributed by atoms with Gasteiger partial charge in [0.2, 0.25) is 0 Å². The van der Waals surface area contributed by atoms with Crippen LogP contribution in [-0.4, -0.2) is 44.2 Å². The Kier molecular flexibility index (Phi) is 5.21. The van der Waals surface area contributed by atoms with E-state index in [1.165, 1.54) is 12.1 Å². The maximum absolute atomic E-state index is 12.1. The summed E-state index contributed by atoms with van der Waals surface area (Å²) in [6, 6.07) is 14.8. The molecule has 0 saturated heterocycles. The van der Waals surface area contributed by atoms with Crippen molar-refractivity contribution in [3.05, 3.63) is 71.3 Å². The monoisotopic (exact) mass is 436 g/mol.